The molecule has 5 aromatic rings. The number of methoxy groups -OCH3 is 1. The first-order valence-electron chi connectivity index (χ1n) is 11.2. The van der Waals surface area contributed by atoms with E-state index in [1.54, 1.807) is 23.8 Å². The molecule has 3 N–H and O–H groups in total. The Morgan fingerprint density at radius 3 is 2.43 bits per heavy atom. The first-order chi connectivity index (χ1) is 17.0. The van der Waals surface area contributed by atoms with Gasteiger partial charge in [-0.05, 0) is 42.3 Å². The summed E-state index contributed by atoms with van der Waals surface area (Å²) in [5, 5.41) is 2.92. The Labute approximate surface area is 201 Å². The van der Waals surface area contributed by atoms with Crippen molar-refractivity contribution < 1.29 is 13.9 Å². The van der Waals surface area contributed by atoms with E-state index in [-0.39, 0.29) is 23.1 Å². The van der Waals surface area contributed by atoms with Gasteiger partial charge in [-0.2, -0.15) is 0 Å². The minimum atomic E-state index is -0.335. The van der Waals surface area contributed by atoms with E-state index < -0.39 is 0 Å². The van der Waals surface area contributed by atoms with Crippen molar-refractivity contribution in [1.29, 1.82) is 0 Å². The summed E-state index contributed by atoms with van der Waals surface area (Å²) in [7, 11) is 1.61. The molecule has 176 valence electrons. The van der Waals surface area contributed by atoms with Crippen molar-refractivity contribution in [3.05, 3.63) is 95.3 Å². The number of fused-ring (bicyclic) bond motifs is 2. The van der Waals surface area contributed by atoms with Crippen LogP contribution < -0.4 is 15.8 Å². The van der Waals surface area contributed by atoms with Gasteiger partial charge in [0.05, 0.1) is 24.7 Å². The Hall–Kier alpha value is -4.46. The highest BCUT2D eigenvalue weighted by Gasteiger charge is 2.24. The molecule has 0 radical (unpaired) electrons. The summed E-state index contributed by atoms with van der Waals surface area (Å²) in [4.78, 5) is 22.8. The summed E-state index contributed by atoms with van der Waals surface area (Å²) in [6.07, 6.45) is 0.556. The number of nitrogens with one attached hydrogen (secondary N) is 1. The Morgan fingerprint density at radius 1 is 1.00 bits per heavy atom. The van der Waals surface area contributed by atoms with Crippen LogP contribution in [0.5, 0.6) is 5.75 Å². The van der Waals surface area contributed by atoms with Gasteiger partial charge in [0.1, 0.15) is 28.5 Å². The van der Waals surface area contributed by atoms with E-state index in [0.29, 0.717) is 47.5 Å². The average molecular weight is 470 g/mol. The number of benzene rings is 3. The van der Waals surface area contributed by atoms with E-state index in [0.717, 1.165) is 11.1 Å². The second-order valence-corrected chi connectivity index (χ2v) is 8.18. The summed E-state index contributed by atoms with van der Waals surface area (Å²) in [6.45, 7) is 0.728. The van der Waals surface area contributed by atoms with Crippen molar-refractivity contribution in [3.8, 4) is 5.75 Å². The van der Waals surface area contributed by atoms with E-state index in [9.17, 15) is 9.18 Å². The fourth-order valence-electron chi connectivity index (χ4n) is 4.16. The molecule has 0 aliphatic heterocycles. The number of nitrogens with zero attached hydrogens (tertiary/aromatic N) is 3. The van der Waals surface area contributed by atoms with Crippen LogP contribution in [-0.4, -0.2) is 34.1 Å². The SMILES string of the molecule is COc1ccccc1Cn1c(N)c(C(=O)NCCc2ccc(F)cc2)c2nc3ccccc3nc21. The minimum Gasteiger partial charge on any atom is -0.496 e. The quantitative estimate of drug-likeness (QED) is 0.370. The zero-order valence-electron chi connectivity index (χ0n) is 19.2. The molecule has 2 aromatic heterocycles. The number of ether oxygens (including phenoxy) is 1. The molecular weight excluding hydrogens is 445 g/mol. The van der Waals surface area contributed by atoms with Gasteiger partial charge in [-0.25, -0.2) is 14.4 Å². The zero-order valence-corrected chi connectivity index (χ0v) is 19.2. The molecule has 35 heavy (non-hydrogen) atoms. The molecule has 1 amide bonds. The largest absolute Gasteiger partial charge is 0.496 e. The maximum atomic E-state index is 13.3. The first-order valence-corrected chi connectivity index (χ1v) is 11.2. The lowest BCUT2D eigenvalue weighted by Gasteiger charge is -2.11. The Morgan fingerprint density at radius 2 is 1.69 bits per heavy atom. The summed E-state index contributed by atoms with van der Waals surface area (Å²) >= 11 is 0. The number of hydrogen-bond donors (Lipinski definition) is 2. The second-order valence-electron chi connectivity index (χ2n) is 8.18. The molecule has 7 nitrogen and oxygen atoms in total. The van der Waals surface area contributed by atoms with E-state index in [2.05, 4.69) is 5.32 Å². The molecule has 0 unspecified atom stereocenters. The van der Waals surface area contributed by atoms with Crippen LogP contribution in [0.2, 0.25) is 0 Å². The molecule has 0 bridgehead atoms. The highest BCUT2D eigenvalue weighted by atomic mass is 19.1. The van der Waals surface area contributed by atoms with Crippen LogP contribution in [0.4, 0.5) is 10.2 Å². The Bertz CT molecular complexity index is 1530. The molecule has 0 atom stereocenters. The van der Waals surface area contributed by atoms with Crippen LogP contribution in [0.25, 0.3) is 22.2 Å². The van der Waals surface area contributed by atoms with Crippen LogP contribution >= 0.6 is 0 Å². The van der Waals surface area contributed by atoms with Gasteiger partial charge in [-0.15, -0.1) is 0 Å². The van der Waals surface area contributed by atoms with E-state index in [4.69, 9.17) is 20.4 Å². The van der Waals surface area contributed by atoms with Gasteiger partial charge in [0.25, 0.3) is 5.91 Å². The molecule has 0 saturated heterocycles. The van der Waals surface area contributed by atoms with Crippen molar-refractivity contribution in [2.24, 2.45) is 0 Å². The third-order valence-electron chi connectivity index (χ3n) is 5.95. The number of amides is 1. The molecule has 3 aromatic carbocycles. The Kier molecular flexibility index (Phi) is 6.01. The lowest BCUT2D eigenvalue weighted by Crippen LogP contribution is -2.26. The number of nitrogens with two attached hydrogens (primary N) is 1. The van der Waals surface area contributed by atoms with Gasteiger partial charge in [0, 0.05) is 12.1 Å². The van der Waals surface area contributed by atoms with Crippen molar-refractivity contribution >= 4 is 33.9 Å². The van der Waals surface area contributed by atoms with E-state index in [1.165, 1.54) is 12.1 Å². The van der Waals surface area contributed by atoms with E-state index >= 15 is 0 Å². The molecule has 0 aliphatic rings. The van der Waals surface area contributed by atoms with Crippen molar-refractivity contribution in [1.82, 2.24) is 19.9 Å². The molecular formula is C27H24FN5O2. The van der Waals surface area contributed by atoms with Gasteiger partial charge in [-0.1, -0.05) is 42.5 Å². The summed E-state index contributed by atoms with van der Waals surface area (Å²) in [5.74, 6) is 0.366. The smallest absolute Gasteiger partial charge is 0.257 e. The summed E-state index contributed by atoms with van der Waals surface area (Å²) < 4.78 is 20.5. The summed E-state index contributed by atoms with van der Waals surface area (Å²) in [6, 6.07) is 21.3. The fraction of sp³-hybridized carbons (Fsp3) is 0.148. The van der Waals surface area contributed by atoms with Gasteiger partial charge < -0.3 is 20.4 Å². The van der Waals surface area contributed by atoms with Crippen molar-refractivity contribution in [2.45, 2.75) is 13.0 Å². The van der Waals surface area contributed by atoms with Gasteiger partial charge in [0.2, 0.25) is 0 Å². The Balaban J connectivity index is 1.53. The number of carbonyl (C=O) groups excluding carboxylic acids is 1. The number of hydrogen-bond acceptors (Lipinski definition) is 5. The van der Waals surface area contributed by atoms with Crippen LogP contribution in [0.3, 0.4) is 0 Å². The average Bonchev–Trinajstić information content (AvgIpc) is 3.14. The lowest BCUT2D eigenvalue weighted by atomic mass is 10.1. The van der Waals surface area contributed by atoms with Gasteiger partial charge in [-0.3, -0.25) is 4.79 Å². The molecule has 0 spiro atoms. The highest BCUT2D eigenvalue weighted by Crippen LogP contribution is 2.30. The zero-order chi connectivity index (χ0) is 24.4. The molecule has 0 fully saturated rings. The number of rotatable bonds is 7. The number of aromatic nitrogens is 3. The molecule has 2 heterocycles. The number of carbonyl (C=O) groups is 1. The van der Waals surface area contributed by atoms with Crippen molar-refractivity contribution in [2.75, 3.05) is 19.4 Å². The van der Waals surface area contributed by atoms with Crippen LogP contribution in [-0.2, 0) is 13.0 Å². The predicted octanol–water partition coefficient (Wildman–Crippen LogP) is 4.34. The molecule has 0 aliphatic carbocycles. The molecule has 5 rings (SSSR count). The van der Waals surface area contributed by atoms with Gasteiger partial charge >= 0.3 is 0 Å². The summed E-state index contributed by atoms with van der Waals surface area (Å²) in [5.41, 5.74) is 11.0. The standard InChI is InChI=1S/C27H24FN5O2/c1-35-22-9-5-2-6-18(22)16-33-25(29)23(24-26(33)32-21-8-4-3-7-20(21)31-24)27(34)30-15-14-17-10-12-19(28)13-11-17/h2-13H,14-16,29H2,1H3,(H,30,34). The maximum Gasteiger partial charge on any atom is 0.257 e. The van der Waals surface area contributed by atoms with Crippen molar-refractivity contribution in [3.63, 3.8) is 0 Å². The number of nitrogen functional groups attached to an aromatic ring is 1. The van der Waals surface area contributed by atoms with Crippen LogP contribution in [0.15, 0.2) is 72.8 Å². The molecule has 8 heteroatoms. The predicted molar refractivity (Wildman–Crippen MR) is 134 cm³/mol. The lowest BCUT2D eigenvalue weighted by molar-refractivity contribution is 0.0956. The van der Waals surface area contributed by atoms with Gasteiger partial charge in [0.15, 0.2) is 5.65 Å². The molecule has 0 saturated carbocycles. The third kappa shape index (κ3) is 4.38. The first kappa shape index (κ1) is 22.3. The second kappa shape index (κ2) is 9.42. The number of para-hydroxylation sites is 3. The fourth-order valence-corrected chi connectivity index (χ4v) is 4.16. The maximum absolute atomic E-state index is 13.3. The number of anilines is 1. The van der Waals surface area contributed by atoms with Crippen LogP contribution in [0.1, 0.15) is 21.5 Å². The normalized spacial score (nSPS) is 11.1. The van der Waals surface area contributed by atoms with E-state index in [1.807, 2.05) is 48.5 Å². The van der Waals surface area contributed by atoms with Crippen LogP contribution in [0, 0.1) is 5.82 Å². The minimum absolute atomic E-state index is 0.278. The monoisotopic (exact) mass is 469 g/mol. The third-order valence-corrected chi connectivity index (χ3v) is 5.95. The number of halogens is 1. The topological polar surface area (TPSA) is 95.1 Å². The highest BCUT2D eigenvalue weighted by molar-refractivity contribution is 6.10.